The highest BCUT2D eigenvalue weighted by molar-refractivity contribution is 6.36. The van der Waals surface area contributed by atoms with Crippen molar-refractivity contribution in [1.82, 2.24) is 9.97 Å². The fourth-order valence-electron chi connectivity index (χ4n) is 5.30. The van der Waals surface area contributed by atoms with Crippen LogP contribution in [0.1, 0.15) is 52.0 Å². The number of carbonyl (C=O) groups excluding carboxylic acids is 2. The Labute approximate surface area is 231 Å². The van der Waals surface area contributed by atoms with Gasteiger partial charge in [-0.3, -0.25) is 9.80 Å². The Morgan fingerprint density at radius 3 is 2.56 bits per heavy atom. The molecule has 3 heterocycles. The summed E-state index contributed by atoms with van der Waals surface area (Å²) in [6.45, 7) is 7.64. The van der Waals surface area contributed by atoms with Crippen LogP contribution >= 0.6 is 11.6 Å². The molecule has 0 bridgehead atoms. The lowest BCUT2D eigenvalue weighted by Crippen LogP contribution is -2.43. The van der Waals surface area contributed by atoms with E-state index in [1.807, 2.05) is 0 Å². The second kappa shape index (κ2) is 10.1. The Balaban J connectivity index is 1.62. The minimum absolute atomic E-state index is 0.0335. The molecule has 9 nitrogen and oxygen atoms in total. The maximum Gasteiger partial charge on any atom is 0.415 e. The van der Waals surface area contributed by atoms with Gasteiger partial charge in [-0.2, -0.15) is 0 Å². The number of halogens is 2. The van der Waals surface area contributed by atoms with Gasteiger partial charge in [-0.1, -0.05) is 24.4 Å². The first-order chi connectivity index (χ1) is 18.5. The summed E-state index contributed by atoms with van der Waals surface area (Å²) in [6.07, 6.45) is 6.13. The number of hydrogen-bond acceptors (Lipinski definition) is 6. The molecule has 3 amide bonds. The second-order valence-corrected chi connectivity index (χ2v) is 11.3. The number of urea groups is 1. The summed E-state index contributed by atoms with van der Waals surface area (Å²) < 4.78 is 27.0. The van der Waals surface area contributed by atoms with E-state index in [-0.39, 0.29) is 35.7 Å². The summed E-state index contributed by atoms with van der Waals surface area (Å²) >= 11 is 6.50. The molecule has 2 aromatic heterocycles. The third kappa shape index (κ3) is 5.05. The van der Waals surface area contributed by atoms with E-state index in [9.17, 15) is 9.59 Å². The first-order valence-corrected chi connectivity index (χ1v) is 13.3. The quantitative estimate of drug-likeness (QED) is 0.402. The number of anilines is 2. The van der Waals surface area contributed by atoms with Crippen molar-refractivity contribution >= 4 is 46.0 Å². The van der Waals surface area contributed by atoms with E-state index in [1.165, 1.54) is 22.2 Å². The molecule has 0 radical (unpaired) electrons. The smallest absolute Gasteiger partial charge is 0.415 e. The average Bonchev–Trinajstić information content (AvgIpc) is 3.39. The molecule has 0 unspecified atom stereocenters. The molecule has 206 valence electrons. The Kier molecular flexibility index (Phi) is 7.00. The van der Waals surface area contributed by atoms with E-state index in [1.54, 1.807) is 39.8 Å². The lowest BCUT2D eigenvalue weighted by molar-refractivity contribution is 0.0566. The molecule has 39 heavy (non-hydrogen) atoms. The Morgan fingerprint density at radius 1 is 1.18 bits per heavy atom. The van der Waals surface area contributed by atoms with Crippen molar-refractivity contribution in [2.75, 3.05) is 23.0 Å². The van der Waals surface area contributed by atoms with Crippen molar-refractivity contribution in [3.63, 3.8) is 0 Å². The topological polar surface area (TPSA) is 111 Å². The number of benzene rings is 1. The summed E-state index contributed by atoms with van der Waals surface area (Å²) in [5, 5.41) is 0.883. The highest BCUT2D eigenvalue weighted by Crippen LogP contribution is 2.42. The van der Waals surface area contributed by atoms with Crippen molar-refractivity contribution in [3.05, 3.63) is 40.9 Å². The van der Waals surface area contributed by atoms with Crippen molar-refractivity contribution < 1.29 is 23.5 Å². The zero-order valence-electron chi connectivity index (χ0n) is 22.4. The fourth-order valence-corrected chi connectivity index (χ4v) is 5.56. The molecular weight excluding hydrogens is 525 g/mol. The number of carbonyl (C=O) groups is 2. The van der Waals surface area contributed by atoms with Crippen molar-refractivity contribution in [1.29, 1.82) is 0 Å². The number of hydrogen-bond donors (Lipinski definition) is 1. The molecule has 2 N–H and O–H groups in total. The summed E-state index contributed by atoms with van der Waals surface area (Å²) in [7, 11) is 0. The average molecular weight is 556 g/mol. The monoisotopic (exact) mass is 555 g/mol. The number of pyridine rings is 2. The van der Waals surface area contributed by atoms with Gasteiger partial charge in [0, 0.05) is 34.9 Å². The highest BCUT2D eigenvalue weighted by atomic mass is 35.5. The van der Waals surface area contributed by atoms with Gasteiger partial charge in [-0.25, -0.2) is 23.9 Å². The maximum absolute atomic E-state index is 15.7. The summed E-state index contributed by atoms with van der Waals surface area (Å²) in [6, 6.07) is 2.73. The molecule has 3 aromatic rings. The van der Waals surface area contributed by atoms with Crippen LogP contribution in [0.2, 0.25) is 5.02 Å². The van der Waals surface area contributed by atoms with Gasteiger partial charge in [-0.05, 0) is 63.6 Å². The van der Waals surface area contributed by atoms with Crippen LogP contribution in [-0.2, 0) is 4.74 Å². The van der Waals surface area contributed by atoms with Crippen LogP contribution in [0.25, 0.3) is 21.9 Å². The van der Waals surface area contributed by atoms with E-state index in [0.29, 0.717) is 33.4 Å². The van der Waals surface area contributed by atoms with E-state index in [2.05, 4.69) is 9.97 Å². The molecule has 1 aliphatic carbocycles. The maximum atomic E-state index is 15.7. The molecule has 1 aliphatic heterocycles. The van der Waals surface area contributed by atoms with E-state index >= 15 is 4.39 Å². The summed E-state index contributed by atoms with van der Waals surface area (Å²) in [4.78, 5) is 37.1. The zero-order chi connectivity index (χ0) is 28.1. The van der Waals surface area contributed by atoms with Gasteiger partial charge in [0.1, 0.15) is 29.5 Å². The fraction of sp³-hybridized carbons (Fsp3) is 0.429. The number of nitrogens with two attached hydrogens (primary N) is 1. The molecule has 1 fully saturated rings. The van der Waals surface area contributed by atoms with E-state index < -0.39 is 23.5 Å². The minimum Gasteiger partial charge on any atom is -0.474 e. The van der Waals surface area contributed by atoms with Crippen molar-refractivity contribution in [2.24, 2.45) is 5.73 Å². The Bertz CT molecular complexity index is 1470. The van der Waals surface area contributed by atoms with Gasteiger partial charge in [-0.15, -0.1) is 0 Å². The van der Waals surface area contributed by atoms with Crippen LogP contribution in [0.5, 0.6) is 5.88 Å². The molecule has 0 atom stereocenters. The van der Waals surface area contributed by atoms with E-state index in [4.69, 9.17) is 26.8 Å². The number of nitrogens with zero attached hydrogens (tertiary/aromatic N) is 4. The van der Waals surface area contributed by atoms with Gasteiger partial charge in [0.25, 0.3) is 0 Å². The van der Waals surface area contributed by atoms with Crippen LogP contribution in [0.15, 0.2) is 24.5 Å². The third-order valence-electron chi connectivity index (χ3n) is 7.06. The Hall–Kier alpha value is -3.66. The largest absolute Gasteiger partial charge is 0.474 e. The number of ether oxygens (including phenoxy) is 2. The molecule has 5 rings (SSSR count). The number of fused-ring (bicyclic) bond motifs is 2. The molecular formula is C28H31ClFN5O4. The molecule has 0 spiro atoms. The first kappa shape index (κ1) is 26.9. The van der Waals surface area contributed by atoms with Crippen LogP contribution in [0.3, 0.4) is 0 Å². The standard InChI is InChI=1S/C28H31ClFN5O4/c1-15-19(13-33-25-24(15)34(9-10-38-25)27(37)39-28(2,3)4)18-11-16-12-21(32-14-20(16)22(29)23(18)30)35(26(31)36)17-7-5-6-8-17/h11-14,17H,5-10H2,1-4H3,(H2,31,36). The predicted molar refractivity (Wildman–Crippen MR) is 148 cm³/mol. The first-order valence-electron chi connectivity index (χ1n) is 13.0. The summed E-state index contributed by atoms with van der Waals surface area (Å²) in [5.41, 5.74) is 6.66. The van der Waals surface area contributed by atoms with Crippen LogP contribution < -0.4 is 20.3 Å². The highest BCUT2D eigenvalue weighted by Gasteiger charge is 2.32. The van der Waals surface area contributed by atoms with Gasteiger partial charge in [0.15, 0.2) is 0 Å². The molecule has 0 saturated heterocycles. The van der Waals surface area contributed by atoms with Crippen LogP contribution in [0, 0.1) is 12.7 Å². The van der Waals surface area contributed by atoms with Crippen molar-refractivity contribution in [2.45, 2.75) is 65.0 Å². The van der Waals surface area contributed by atoms with Gasteiger partial charge in [0.2, 0.25) is 5.88 Å². The number of amides is 3. The van der Waals surface area contributed by atoms with Gasteiger partial charge in [0.05, 0.1) is 11.6 Å². The van der Waals surface area contributed by atoms with Gasteiger partial charge >= 0.3 is 12.1 Å². The van der Waals surface area contributed by atoms with E-state index in [0.717, 1.165) is 25.7 Å². The van der Waals surface area contributed by atoms with Crippen LogP contribution in [-0.4, -0.2) is 46.9 Å². The normalized spacial score (nSPS) is 15.7. The molecule has 1 saturated carbocycles. The van der Waals surface area contributed by atoms with Gasteiger partial charge < -0.3 is 15.2 Å². The van der Waals surface area contributed by atoms with Crippen molar-refractivity contribution in [3.8, 4) is 17.0 Å². The Morgan fingerprint density at radius 2 is 1.90 bits per heavy atom. The third-order valence-corrected chi connectivity index (χ3v) is 7.43. The second-order valence-electron chi connectivity index (χ2n) is 10.9. The molecule has 1 aromatic carbocycles. The zero-order valence-corrected chi connectivity index (χ0v) is 23.1. The molecule has 11 heteroatoms. The predicted octanol–water partition coefficient (Wildman–Crippen LogP) is 6.36. The molecule has 2 aliphatic rings. The minimum atomic E-state index is -0.699. The number of rotatable bonds is 3. The number of aromatic nitrogens is 2. The lowest BCUT2D eigenvalue weighted by Gasteiger charge is -2.32. The lowest BCUT2D eigenvalue weighted by atomic mass is 9.97. The number of primary amides is 1. The summed E-state index contributed by atoms with van der Waals surface area (Å²) in [5.74, 6) is 0.00720. The SMILES string of the molecule is Cc1c(-c2cc3cc(N(C(N)=O)C4CCCC4)ncc3c(Cl)c2F)cnc2c1N(C(=O)OC(C)(C)C)CCO2. The van der Waals surface area contributed by atoms with Crippen LogP contribution in [0.4, 0.5) is 25.5 Å².